The highest BCUT2D eigenvalue weighted by atomic mass is 16.5. The number of rotatable bonds is 6. The first kappa shape index (κ1) is 18.9. The number of anilines is 2. The highest BCUT2D eigenvalue weighted by Crippen LogP contribution is 2.16. The van der Waals surface area contributed by atoms with Crippen LogP contribution in [0.25, 0.3) is 0 Å². The molecule has 140 valence electrons. The number of nitriles is 1. The number of ether oxygens (including phenoxy) is 1. The second kappa shape index (κ2) is 8.64. The lowest BCUT2D eigenvalue weighted by molar-refractivity contribution is 0.102. The summed E-state index contributed by atoms with van der Waals surface area (Å²) < 4.78 is 5.15. The molecule has 2 N–H and O–H groups in total. The largest absolute Gasteiger partial charge is 0.497 e. The van der Waals surface area contributed by atoms with Crippen molar-refractivity contribution < 1.29 is 9.53 Å². The van der Waals surface area contributed by atoms with Crippen molar-refractivity contribution in [2.45, 2.75) is 13.5 Å². The second-order valence-electron chi connectivity index (χ2n) is 6.00. The molecule has 0 unspecified atom stereocenters. The Morgan fingerprint density at radius 2 is 1.89 bits per heavy atom. The van der Waals surface area contributed by atoms with E-state index in [9.17, 15) is 4.79 Å². The van der Waals surface area contributed by atoms with E-state index >= 15 is 0 Å². The van der Waals surface area contributed by atoms with Crippen LogP contribution in [0.3, 0.4) is 0 Å². The number of amides is 1. The van der Waals surface area contributed by atoms with Crippen LogP contribution < -0.4 is 15.4 Å². The molecule has 7 nitrogen and oxygen atoms in total. The molecule has 3 aromatic rings. The number of para-hydroxylation sites is 1. The predicted octanol–water partition coefficient (Wildman–Crippen LogP) is 3.53. The lowest BCUT2D eigenvalue weighted by Crippen LogP contribution is -2.16. The molecule has 0 spiro atoms. The highest BCUT2D eigenvalue weighted by Gasteiger charge is 2.12. The minimum Gasteiger partial charge on any atom is -0.497 e. The highest BCUT2D eigenvalue weighted by molar-refractivity contribution is 6.03. The first-order valence-electron chi connectivity index (χ1n) is 8.62. The standard InChI is InChI=1S/C21H19N5O2/c1-14-24-19(21(27)26-18-6-4-3-5-16(18)12-22)11-20(25-14)23-13-15-7-9-17(28-2)10-8-15/h3-11H,13H2,1-2H3,(H,26,27)(H,23,24,25). The number of benzene rings is 2. The minimum absolute atomic E-state index is 0.220. The maximum absolute atomic E-state index is 12.6. The predicted molar refractivity (Wildman–Crippen MR) is 106 cm³/mol. The zero-order valence-electron chi connectivity index (χ0n) is 15.6. The molecule has 0 aliphatic rings. The molecule has 0 saturated heterocycles. The Labute approximate surface area is 163 Å². The quantitative estimate of drug-likeness (QED) is 0.686. The molecule has 1 aromatic heterocycles. The monoisotopic (exact) mass is 373 g/mol. The Morgan fingerprint density at radius 3 is 2.61 bits per heavy atom. The van der Waals surface area contributed by atoms with E-state index < -0.39 is 5.91 Å². The van der Waals surface area contributed by atoms with Crippen LogP contribution in [0.5, 0.6) is 5.75 Å². The van der Waals surface area contributed by atoms with E-state index in [-0.39, 0.29) is 5.69 Å². The van der Waals surface area contributed by atoms with Gasteiger partial charge in [0, 0.05) is 12.6 Å². The summed E-state index contributed by atoms with van der Waals surface area (Å²) in [5, 5.41) is 15.1. The summed E-state index contributed by atoms with van der Waals surface area (Å²) in [5.41, 5.74) is 2.10. The lowest BCUT2D eigenvalue weighted by Gasteiger charge is -2.10. The van der Waals surface area contributed by atoms with Gasteiger partial charge in [-0.15, -0.1) is 0 Å². The average molecular weight is 373 g/mol. The molecule has 7 heteroatoms. The zero-order valence-corrected chi connectivity index (χ0v) is 15.6. The molecular formula is C21H19N5O2. The number of hydrogen-bond acceptors (Lipinski definition) is 6. The number of nitrogens with one attached hydrogen (secondary N) is 2. The third-order valence-corrected chi connectivity index (χ3v) is 4.00. The van der Waals surface area contributed by atoms with Crippen LogP contribution in [0.4, 0.5) is 11.5 Å². The first-order chi connectivity index (χ1) is 13.6. The molecule has 0 radical (unpaired) electrons. The van der Waals surface area contributed by atoms with Gasteiger partial charge in [0.2, 0.25) is 0 Å². The van der Waals surface area contributed by atoms with Crippen molar-refractivity contribution in [1.82, 2.24) is 9.97 Å². The van der Waals surface area contributed by atoms with Gasteiger partial charge in [0.25, 0.3) is 5.91 Å². The van der Waals surface area contributed by atoms with Gasteiger partial charge in [-0.3, -0.25) is 4.79 Å². The fourth-order valence-corrected chi connectivity index (χ4v) is 2.59. The lowest BCUT2D eigenvalue weighted by atomic mass is 10.2. The molecule has 28 heavy (non-hydrogen) atoms. The summed E-state index contributed by atoms with van der Waals surface area (Å²) in [6.07, 6.45) is 0. The second-order valence-corrected chi connectivity index (χ2v) is 6.00. The van der Waals surface area contributed by atoms with Crippen molar-refractivity contribution in [3.05, 3.63) is 77.2 Å². The number of aromatic nitrogens is 2. The Bertz CT molecular complexity index is 1030. The van der Waals surface area contributed by atoms with E-state index in [0.29, 0.717) is 29.4 Å². The molecule has 3 rings (SSSR count). The molecule has 0 bridgehead atoms. The Balaban J connectivity index is 1.73. The van der Waals surface area contributed by atoms with Crippen molar-refractivity contribution in [3.63, 3.8) is 0 Å². The van der Waals surface area contributed by atoms with Gasteiger partial charge in [-0.05, 0) is 36.8 Å². The number of aryl methyl sites for hydroxylation is 1. The number of hydrogen-bond donors (Lipinski definition) is 2. The van der Waals surface area contributed by atoms with Crippen LogP contribution in [-0.4, -0.2) is 23.0 Å². The average Bonchev–Trinajstić information content (AvgIpc) is 2.72. The molecule has 0 fully saturated rings. The maximum Gasteiger partial charge on any atom is 0.274 e. The first-order valence-corrected chi connectivity index (χ1v) is 8.62. The van der Waals surface area contributed by atoms with Crippen molar-refractivity contribution in [1.29, 1.82) is 5.26 Å². The summed E-state index contributed by atoms with van der Waals surface area (Å²) in [6.45, 7) is 2.26. The molecule has 0 aliphatic carbocycles. The molecule has 0 atom stereocenters. The van der Waals surface area contributed by atoms with Crippen molar-refractivity contribution in [2.24, 2.45) is 0 Å². The maximum atomic E-state index is 12.6. The third kappa shape index (κ3) is 4.62. The number of carbonyl (C=O) groups excluding carboxylic acids is 1. The molecule has 1 amide bonds. The van der Waals surface area contributed by atoms with Crippen molar-refractivity contribution in [2.75, 3.05) is 17.7 Å². The number of methoxy groups -OCH3 is 1. The third-order valence-electron chi connectivity index (χ3n) is 4.00. The smallest absolute Gasteiger partial charge is 0.274 e. The van der Waals surface area contributed by atoms with E-state index in [1.807, 2.05) is 24.3 Å². The number of carbonyl (C=O) groups is 1. The van der Waals surface area contributed by atoms with Gasteiger partial charge in [0.1, 0.15) is 29.2 Å². The minimum atomic E-state index is -0.402. The van der Waals surface area contributed by atoms with Crippen LogP contribution in [0.2, 0.25) is 0 Å². The van der Waals surface area contributed by atoms with Gasteiger partial charge in [-0.1, -0.05) is 24.3 Å². The molecule has 0 saturated carbocycles. The summed E-state index contributed by atoms with van der Waals surface area (Å²) in [7, 11) is 1.62. The summed E-state index contributed by atoms with van der Waals surface area (Å²) in [6, 6.07) is 18.1. The topological polar surface area (TPSA) is 99.9 Å². The normalized spacial score (nSPS) is 10.0. The molecule has 1 heterocycles. The molecule has 2 aromatic carbocycles. The van der Waals surface area contributed by atoms with E-state index in [4.69, 9.17) is 10.00 Å². The Hall–Kier alpha value is -3.92. The van der Waals surface area contributed by atoms with Crippen molar-refractivity contribution in [3.8, 4) is 11.8 Å². The molecular weight excluding hydrogens is 354 g/mol. The Kier molecular flexibility index (Phi) is 5.82. The number of nitrogens with zero attached hydrogens (tertiary/aromatic N) is 3. The Morgan fingerprint density at radius 1 is 1.14 bits per heavy atom. The van der Waals surface area contributed by atoms with Crippen LogP contribution in [0.15, 0.2) is 54.6 Å². The van der Waals surface area contributed by atoms with E-state index in [0.717, 1.165) is 11.3 Å². The summed E-state index contributed by atoms with van der Waals surface area (Å²) in [5.74, 6) is 1.40. The van der Waals surface area contributed by atoms with Gasteiger partial charge < -0.3 is 15.4 Å². The van der Waals surface area contributed by atoms with Crippen molar-refractivity contribution >= 4 is 17.4 Å². The van der Waals surface area contributed by atoms with Gasteiger partial charge >= 0.3 is 0 Å². The summed E-state index contributed by atoms with van der Waals surface area (Å²) in [4.78, 5) is 21.1. The fraction of sp³-hybridized carbons (Fsp3) is 0.143. The SMILES string of the molecule is COc1ccc(CNc2cc(C(=O)Nc3ccccc3C#N)nc(C)n2)cc1. The van der Waals surface area contributed by atoms with Gasteiger partial charge in [0.05, 0.1) is 18.4 Å². The van der Waals surface area contributed by atoms with Gasteiger partial charge in [-0.25, -0.2) is 9.97 Å². The fourth-order valence-electron chi connectivity index (χ4n) is 2.59. The van der Waals surface area contributed by atoms with Crippen LogP contribution in [0, 0.1) is 18.3 Å². The van der Waals surface area contributed by atoms with Gasteiger partial charge in [0.15, 0.2) is 0 Å². The van der Waals surface area contributed by atoms with Crippen LogP contribution in [0.1, 0.15) is 27.4 Å². The van der Waals surface area contributed by atoms with Gasteiger partial charge in [-0.2, -0.15) is 5.26 Å². The van der Waals surface area contributed by atoms with E-state index in [1.54, 1.807) is 44.4 Å². The summed E-state index contributed by atoms with van der Waals surface area (Å²) >= 11 is 0. The van der Waals surface area contributed by atoms with E-state index in [1.165, 1.54) is 0 Å². The molecule has 0 aliphatic heterocycles. The zero-order chi connectivity index (χ0) is 19.9. The van der Waals surface area contributed by atoms with E-state index in [2.05, 4.69) is 26.7 Å². The van der Waals surface area contributed by atoms with Crippen LogP contribution >= 0.6 is 0 Å². The van der Waals surface area contributed by atoms with Crippen LogP contribution in [-0.2, 0) is 6.54 Å².